The Balaban J connectivity index is 1.60. The van der Waals surface area contributed by atoms with Crippen molar-refractivity contribution < 1.29 is 34.1 Å². The Kier molecular flexibility index (Phi) is 5.32. The highest BCUT2D eigenvalue weighted by atomic mass is 32.2. The van der Waals surface area contributed by atoms with Crippen molar-refractivity contribution >= 4 is 34.6 Å². The van der Waals surface area contributed by atoms with E-state index in [1.165, 1.54) is 18.7 Å². The fraction of sp³-hybridized carbons (Fsp3) is 0.750. The largest absolute Gasteiger partial charge is 0.481 e. The second-order valence-electron chi connectivity index (χ2n) is 10.4. The van der Waals surface area contributed by atoms with Gasteiger partial charge in [-0.2, -0.15) is 0 Å². The number of esters is 1. The van der Waals surface area contributed by atoms with Crippen LogP contribution in [0.25, 0.3) is 0 Å². The third kappa shape index (κ3) is 2.98. The maximum absolute atomic E-state index is 13.7. The minimum atomic E-state index is -0.861. The van der Waals surface area contributed by atoms with Crippen LogP contribution < -0.4 is 0 Å². The predicted octanol–water partition coefficient (Wildman–Crippen LogP) is 2.75. The molecule has 5 rings (SSSR count). The van der Waals surface area contributed by atoms with Gasteiger partial charge in [0.15, 0.2) is 10.9 Å². The molecule has 4 fully saturated rings. The number of carboxylic acid groups (broad SMARTS) is 1. The van der Waals surface area contributed by atoms with Crippen LogP contribution in [0.4, 0.5) is 0 Å². The summed E-state index contributed by atoms with van der Waals surface area (Å²) in [6.45, 7) is 1.63. The number of carbonyl (C=O) groups excluding carboxylic acids is 3. The maximum Gasteiger partial charge on any atom is 0.312 e. The molecule has 0 amide bonds. The molecule has 0 aromatic carbocycles. The smallest absolute Gasteiger partial charge is 0.312 e. The number of aliphatic carboxylic acids is 1. The lowest BCUT2D eigenvalue weighted by atomic mass is 9.44. The third-order valence-corrected chi connectivity index (χ3v) is 10.5. The Morgan fingerprint density at radius 1 is 1.16 bits per heavy atom. The minimum Gasteiger partial charge on any atom is -0.481 e. The quantitative estimate of drug-likeness (QED) is 0.613. The van der Waals surface area contributed by atoms with E-state index < -0.39 is 22.9 Å². The summed E-state index contributed by atoms with van der Waals surface area (Å²) in [4.78, 5) is 49.5. The van der Waals surface area contributed by atoms with Crippen molar-refractivity contribution in [2.75, 3.05) is 6.61 Å². The van der Waals surface area contributed by atoms with E-state index in [9.17, 15) is 29.4 Å². The molecule has 8 atom stereocenters. The van der Waals surface area contributed by atoms with Crippen LogP contribution in [0, 0.1) is 34.5 Å². The number of aliphatic hydroxyl groups excluding tert-OH is 1. The van der Waals surface area contributed by atoms with E-state index in [1.54, 1.807) is 6.08 Å². The zero-order chi connectivity index (χ0) is 22.8. The summed E-state index contributed by atoms with van der Waals surface area (Å²) in [5, 5.41) is 20.2. The van der Waals surface area contributed by atoms with Gasteiger partial charge >= 0.3 is 11.9 Å². The molecular weight excluding hydrogens is 432 g/mol. The molecule has 7 nitrogen and oxygen atoms in total. The molecule has 174 valence electrons. The van der Waals surface area contributed by atoms with Crippen molar-refractivity contribution in [1.29, 1.82) is 0 Å². The fourth-order valence-electron chi connectivity index (χ4n) is 8.25. The van der Waals surface area contributed by atoms with E-state index in [1.807, 2.05) is 0 Å². The molecule has 2 unspecified atom stereocenters. The van der Waals surface area contributed by atoms with Gasteiger partial charge in [-0.3, -0.25) is 19.2 Å². The summed E-state index contributed by atoms with van der Waals surface area (Å²) < 4.78 is 6.04. The molecule has 4 aliphatic carbocycles. The first-order valence-corrected chi connectivity index (χ1v) is 12.6. The highest BCUT2D eigenvalue weighted by molar-refractivity contribution is 8.14. The third-order valence-electron chi connectivity index (χ3n) is 9.28. The zero-order valence-electron chi connectivity index (χ0n) is 18.2. The van der Waals surface area contributed by atoms with Crippen molar-refractivity contribution in [1.82, 2.24) is 0 Å². The van der Waals surface area contributed by atoms with Gasteiger partial charge in [-0.25, -0.2) is 0 Å². The lowest BCUT2D eigenvalue weighted by Crippen LogP contribution is -2.65. The number of thioether (sulfide) groups is 1. The highest BCUT2D eigenvalue weighted by Gasteiger charge is 2.70. The molecule has 2 N–H and O–H groups in total. The molecule has 2 spiro atoms. The number of rotatable bonds is 4. The Hall–Kier alpha value is -1.67. The van der Waals surface area contributed by atoms with E-state index in [0.717, 1.165) is 24.8 Å². The van der Waals surface area contributed by atoms with Crippen molar-refractivity contribution in [2.24, 2.45) is 34.5 Å². The van der Waals surface area contributed by atoms with Crippen molar-refractivity contribution in [3.8, 4) is 0 Å². The number of fused-ring (bicyclic) bond motifs is 2. The molecule has 1 saturated heterocycles. The molecule has 5 aliphatic rings. The van der Waals surface area contributed by atoms with Crippen molar-refractivity contribution in [2.45, 2.75) is 69.6 Å². The van der Waals surface area contributed by atoms with Gasteiger partial charge < -0.3 is 14.9 Å². The Morgan fingerprint density at radius 2 is 1.91 bits per heavy atom. The number of hydrogen-bond donors (Lipinski definition) is 2. The molecule has 2 bridgehead atoms. The zero-order valence-corrected chi connectivity index (χ0v) is 19.1. The van der Waals surface area contributed by atoms with Crippen molar-refractivity contribution in [3.63, 3.8) is 0 Å². The highest BCUT2D eigenvalue weighted by Crippen LogP contribution is 2.70. The predicted molar refractivity (Wildman–Crippen MR) is 116 cm³/mol. The molecule has 8 heteroatoms. The van der Waals surface area contributed by atoms with E-state index in [-0.39, 0.29) is 65.2 Å². The molecule has 3 saturated carbocycles. The van der Waals surface area contributed by atoms with Gasteiger partial charge in [0.05, 0.1) is 11.5 Å². The lowest BCUT2D eigenvalue weighted by molar-refractivity contribution is -0.201. The van der Waals surface area contributed by atoms with E-state index >= 15 is 0 Å². The average molecular weight is 463 g/mol. The summed E-state index contributed by atoms with van der Waals surface area (Å²) in [5.41, 5.74) is -0.493. The molecule has 0 radical (unpaired) electrons. The van der Waals surface area contributed by atoms with Gasteiger partial charge in [0.2, 0.25) is 0 Å². The van der Waals surface area contributed by atoms with Gasteiger partial charge in [0.25, 0.3) is 0 Å². The summed E-state index contributed by atoms with van der Waals surface area (Å²) in [6, 6.07) is 0. The first-order valence-electron chi connectivity index (χ1n) is 11.7. The van der Waals surface area contributed by atoms with Gasteiger partial charge in [-0.15, -0.1) is 0 Å². The Morgan fingerprint density at radius 3 is 2.62 bits per heavy atom. The van der Waals surface area contributed by atoms with Gasteiger partial charge in [-0.05, 0) is 68.3 Å². The summed E-state index contributed by atoms with van der Waals surface area (Å²) in [6.07, 6.45) is 4.94. The number of aliphatic hydroxyl groups is 1. The molecule has 0 aromatic rings. The van der Waals surface area contributed by atoms with Crippen LogP contribution in [-0.4, -0.2) is 51.0 Å². The molecule has 32 heavy (non-hydrogen) atoms. The molecular formula is C24H30O7S. The van der Waals surface area contributed by atoms with Crippen molar-refractivity contribution in [3.05, 3.63) is 11.6 Å². The summed E-state index contributed by atoms with van der Waals surface area (Å²) in [7, 11) is 0. The molecule has 1 heterocycles. The second-order valence-corrected chi connectivity index (χ2v) is 11.8. The number of carbonyl (C=O) groups is 4. The number of ketones is 1. The van der Waals surface area contributed by atoms with Crippen LogP contribution >= 0.6 is 11.8 Å². The van der Waals surface area contributed by atoms with Crippen LogP contribution in [0.2, 0.25) is 0 Å². The lowest BCUT2D eigenvalue weighted by Gasteiger charge is -2.63. The first kappa shape index (κ1) is 22.1. The Bertz CT molecular complexity index is 912. The standard InChI is InChI=1S/C24H30O7S/c1-12(25)32-19-10-15(26)8-14-9-18(27)21-16-4-2-13(3-5-20(28)29)23(16)7-6-17(21)24(14,19)11-31-22(23)30/h8,13,16-19,21,27H,2-7,9-11H2,1H3,(H,28,29)/t13-,16-,17?,18-,19?,21-,23-,24-/m0/s1. The summed E-state index contributed by atoms with van der Waals surface area (Å²) >= 11 is 1.18. The topological polar surface area (TPSA) is 118 Å². The van der Waals surface area contributed by atoms with Crippen LogP contribution in [0.1, 0.15) is 58.3 Å². The SMILES string of the molecule is CC(=O)SC1CC(=O)C=C2C[C@H](O)[C@@H]3C4CC[C@]5(C(=O)OC[C@@]214)[C@H](CCC(=O)O)CC[C@@H]35. The van der Waals surface area contributed by atoms with Crippen LogP contribution in [0.5, 0.6) is 0 Å². The van der Waals surface area contributed by atoms with Gasteiger partial charge in [0.1, 0.15) is 6.61 Å². The average Bonchev–Trinajstić information content (AvgIpc) is 3.09. The number of carboxylic acids is 1. The van der Waals surface area contributed by atoms with Gasteiger partial charge in [-0.1, -0.05) is 17.3 Å². The van der Waals surface area contributed by atoms with Crippen LogP contribution in [0.15, 0.2) is 11.6 Å². The normalized spacial score (nSPS) is 44.6. The van der Waals surface area contributed by atoms with E-state index in [2.05, 4.69) is 0 Å². The Labute approximate surface area is 191 Å². The number of ether oxygens (including phenoxy) is 1. The monoisotopic (exact) mass is 462 g/mol. The number of hydrogen-bond acceptors (Lipinski definition) is 7. The van der Waals surface area contributed by atoms with E-state index in [0.29, 0.717) is 19.3 Å². The minimum absolute atomic E-state index is 0.0271. The fourth-order valence-corrected chi connectivity index (χ4v) is 9.51. The number of cyclic esters (lactones) is 1. The molecule has 1 aliphatic heterocycles. The van der Waals surface area contributed by atoms with Gasteiger partial charge in [0, 0.05) is 30.4 Å². The maximum atomic E-state index is 13.7. The van der Waals surface area contributed by atoms with E-state index in [4.69, 9.17) is 4.74 Å². The van der Waals surface area contributed by atoms with Crippen LogP contribution in [-0.2, 0) is 23.9 Å². The first-order chi connectivity index (χ1) is 15.2. The molecule has 0 aromatic heterocycles. The van der Waals surface area contributed by atoms with Crippen LogP contribution in [0.3, 0.4) is 0 Å². The summed E-state index contributed by atoms with van der Waals surface area (Å²) in [5.74, 6) is -1.34. The second kappa shape index (κ2) is 7.69.